The molecule has 1 aromatic carbocycles. The normalized spacial score (nSPS) is 11.8. The van der Waals surface area contributed by atoms with Gasteiger partial charge in [0.15, 0.2) is 0 Å². The highest BCUT2D eigenvalue weighted by Crippen LogP contribution is 2.14. The number of halogens is 3. The Hall–Kier alpha value is -0.700. The highest BCUT2D eigenvalue weighted by molar-refractivity contribution is 14.1. The fourth-order valence-electron chi connectivity index (χ4n) is 1.16. The van der Waals surface area contributed by atoms with E-state index in [1.54, 1.807) is 0 Å². The number of hydrogen-bond donors (Lipinski definition) is 1. The van der Waals surface area contributed by atoms with Gasteiger partial charge < -0.3 is 10.1 Å². The van der Waals surface area contributed by atoms with Crippen LogP contribution in [0.1, 0.15) is 10.4 Å². The van der Waals surface area contributed by atoms with Gasteiger partial charge >= 0.3 is 5.97 Å². The second-order valence-electron chi connectivity index (χ2n) is 3.32. The third-order valence-corrected chi connectivity index (χ3v) is 3.66. The number of nitrogens with one attached hydrogen (secondary N) is 1. The summed E-state index contributed by atoms with van der Waals surface area (Å²) < 4.78 is 17.9. The number of rotatable bonds is 4. The van der Waals surface area contributed by atoms with Gasteiger partial charge in [-0.1, -0.05) is 15.9 Å². The number of carbonyl (C=O) groups excluding carboxylic acids is 2. The van der Waals surface area contributed by atoms with Gasteiger partial charge in [-0.05, 0) is 40.8 Å². The second-order valence-corrected chi connectivity index (χ2v) is 5.59. The van der Waals surface area contributed by atoms with E-state index in [1.807, 2.05) is 22.6 Å². The lowest BCUT2D eigenvalue weighted by atomic mass is 10.2. The molecule has 7 heteroatoms. The molecule has 1 unspecified atom stereocenters. The Kier molecular flexibility index (Phi) is 6.00. The first-order chi connectivity index (χ1) is 8.45. The van der Waals surface area contributed by atoms with Crippen molar-refractivity contribution < 1.29 is 18.7 Å². The average molecular weight is 430 g/mol. The molecule has 0 fully saturated rings. The number of ether oxygens (including phenoxy) is 1. The van der Waals surface area contributed by atoms with Gasteiger partial charge in [0, 0.05) is 10.1 Å². The van der Waals surface area contributed by atoms with Gasteiger partial charge in [0.1, 0.15) is 10.6 Å². The number of carbonyl (C=O) groups is 2. The van der Waals surface area contributed by atoms with Crippen molar-refractivity contribution in [3.8, 4) is 0 Å². The van der Waals surface area contributed by atoms with Crippen LogP contribution in [0, 0.1) is 9.39 Å². The van der Waals surface area contributed by atoms with E-state index in [1.165, 1.54) is 25.3 Å². The van der Waals surface area contributed by atoms with Crippen molar-refractivity contribution in [2.45, 2.75) is 4.83 Å². The largest absolute Gasteiger partial charge is 0.468 e. The van der Waals surface area contributed by atoms with E-state index >= 15 is 0 Å². The van der Waals surface area contributed by atoms with Crippen LogP contribution in [0.3, 0.4) is 0 Å². The summed E-state index contributed by atoms with van der Waals surface area (Å²) in [6.45, 7) is 0.0962. The summed E-state index contributed by atoms with van der Waals surface area (Å²) in [6, 6.07) is 3.87. The molecule has 98 valence electrons. The van der Waals surface area contributed by atoms with Crippen LogP contribution in [0.2, 0.25) is 0 Å². The molecule has 1 aromatic rings. The van der Waals surface area contributed by atoms with Crippen LogP contribution in [0.15, 0.2) is 18.2 Å². The van der Waals surface area contributed by atoms with Gasteiger partial charge in [-0.3, -0.25) is 9.59 Å². The Bertz CT molecular complexity index is 470. The molecule has 0 heterocycles. The summed E-state index contributed by atoms with van der Waals surface area (Å²) in [7, 11) is 1.27. The monoisotopic (exact) mass is 429 g/mol. The number of amides is 1. The van der Waals surface area contributed by atoms with Crippen LogP contribution in [-0.2, 0) is 9.53 Å². The van der Waals surface area contributed by atoms with Crippen LogP contribution >= 0.6 is 38.5 Å². The van der Waals surface area contributed by atoms with Gasteiger partial charge in [-0.25, -0.2) is 4.39 Å². The Morgan fingerprint density at radius 1 is 1.56 bits per heavy atom. The van der Waals surface area contributed by atoms with Crippen LogP contribution < -0.4 is 5.32 Å². The molecule has 0 aliphatic carbocycles. The molecule has 1 atom stereocenters. The number of methoxy groups -OCH3 is 1. The van der Waals surface area contributed by atoms with Crippen LogP contribution in [0.25, 0.3) is 0 Å². The molecular weight excluding hydrogens is 420 g/mol. The Balaban J connectivity index is 2.63. The number of esters is 1. The minimum atomic E-state index is -0.607. The number of hydrogen-bond acceptors (Lipinski definition) is 3. The summed E-state index contributed by atoms with van der Waals surface area (Å²) in [4.78, 5) is 22.3. The molecule has 0 spiro atoms. The first-order valence-corrected chi connectivity index (χ1v) is 6.90. The lowest BCUT2D eigenvalue weighted by molar-refractivity contribution is -0.139. The third-order valence-electron chi connectivity index (χ3n) is 2.07. The summed E-state index contributed by atoms with van der Waals surface area (Å²) in [5.41, 5.74) is 0.363. The molecule has 18 heavy (non-hydrogen) atoms. The maximum Gasteiger partial charge on any atom is 0.321 e. The predicted molar refractivity (Wildman–Crippen MR) is 76.2 cm³/mol. The van der Waals surface area contributed by atoms with E-state index in [2.05, 4.69) is 26.0 Å². The standard InChI is InChI=1S/C11H10BrFINO3/c1-18-11(17)8(12)5-15-10(16)7-3-2-6(13)4-9(7)14/h2-4,8H,5H2,1H3,(H,15,16). The maximum atomic E-state index is 12.9. The van der Waals surface area contributed by atoms with Crippen molar-refractivity contribution in [2.24, 2.45) is 0 Å². The van der Waals surface area contributed by atoms with E-state index in [0.717, 1.165) is 0 Å². The molecule has 4 nitrogen and oxygen atoms in total. The molecule has 1 amide bonds. The summed E-state index contributed by atoms with van der Waals surface area (Å²) in [5, 5.41) is 2.56. The lowest BCUT2D eigenvalue weighted by Gasteiger charge is -2.10. The van der Waals surface area contributed by atoms with E-state index in [4.69, 9.17) is 0 Å². The maximum absolute atomic E-state index is 12.9. The summed E-state index contributed by atoms with van der Waals surface area (Å²) >= 11 is 4.96. The minimum absolute atomic E-state index is 0.0962. The van der Waals surface area contributed by atoms with Gasteiger partial charge in [0.25, 0.3) is 5.91 Å². The second kappa shape index (κ2) is 7.03. The number of alkyl halides is 1. The molecule has 1 N–H and O–H groups in total. The molecule has 0 aliphatic heterocycles. The van der Waals surface area contributed by atoms with Crippen LogP contribution in [0.4, 0.5) is 4.39 Å². The molecule has 0 saturated heterocycles. The smallest absolute Gasteiger partial charge is 0.321 e. The van der Waals surface area contributed by atoms with Crippen LogP contribution in [0.5, 0.6) is 0 Å². The zero-order chi connectivity index (χ0) is 13.7. The van der Waals surface area contributed by atoms with Crippen molar-refractivity contribution in [3.05, 3.63) is 33.1 Å². The van der Waals surface area contributed by atoms with Gasteiger partial charge in [-0.2, -0.15) is 0 Å². The van der Waals surface area contributed by atoms with E-state index < -0.39 is 16.6 Å². The first-order valence-electron chi connectivity index (χ1n) is 4.91. The van der Waals surface area contributed by atoms with Crippen molar-refractivity contribution >= 4 is 50.4 Å². The SMILES string of the molecule is COC(=O)C(Br)CNC(=O)c1ccc(F)cc1I. The topological polar surface area (TPSA) is 55.4 Å². The minimum Gasteiger partial charge on any atom is -0.468 e. The zero-order valence-corrected chi connectivity index (χ0v) is 13.1. The van der Waals surface area contributed by atoms with Gasteiger partial charge in [0.2, 0.25) is 0 Å². The highest BCUT2D eigenvalue weighted by atomic mass is 127. The molecular formula is C11H10BrFINO3. The van der Waals surface area contributed by atoms with Gasteiger partial charge in [0.05, 0.1) is 12.7 Å². The Morgan fingerprint density at radius 2 is 2.22 bits per heavy atom. The fourth-order valence-corrected chi connectivity index (χ4v) is 2.23. The lowest BCUT2D eigenvalue weighted by Crippen LogP contribution is -2.34. The first kappa shape index (κ1) is 15.4. The molecule has 0 bridgehead atoms. The number of benzene rings is 1. The van der Waals surface area contributed by atoms with E-state index in [-0.39, 0.29) is 12.5 Å². The van der Waals surface area contributed by atoms with Crippen LogP contribution in [-0.4, -0.2) is 30.4 Å². The summed E-state index contributed by atoms with van der Waals surface area (Å²) in [6.07, 6.45) is 0. The summed E-state index contributed by atoms with van der Waals surface area (Å²) in [5.74, 6) is -1.24. The van der Waals surface area contributed by atoms with Gasteiger partial charge in [-0.15, -0.1) is 0 Å². The third kappa shape index (κ3) is 4.20. The van der Waals surface area contributed by atoms with E-state index in [9.17, 15) is 14.0 Å². The zero-order valence-electron chi connectivity index (χ0n) is 9.38. The molecule has 0 aliphatic rings. The average Bonchev–Trinajstić information content (AvgIpc) is 2.34. The quantitative estimate of drug-likeness (QED) is 0.453. The predicted octanol–water partition coefficient (Wildman–Crippen LogP) is 2.10. The van der Waals surface area contributed by atoms with E-state index in [0.29, 0.717) is 9.13 Å². The Morgan fingerprint density at radius 3 is 2.78 bits per heavy atom. The van der Waals surface area contributed by atoms with Crippen molar-refractivity contribution in [1.29, 1.82) is 0 Å². The highest BCUT2D eigenvalue weighted by Gasteiger charge is 2.17. The molecule has 0 saturated carbocycles. The van der Waals surface area contributed by atoms with Crippen molar-refractivity contribution in [3.63, 3.8) is 0 Å². The molecule has 0 aromatic heterocycles. The van der Waals surface area contributed by atoms with Crippen molar-refractivity contribution in [1.82, 2.24) is 5.32 Å². The fraction of sp³-hybridized carbons (Fsp3) is 0.273. The molecule has 0 radical (unpaired) electrons. The Labute approximate surface area is 126 Å². The molecule has 1 rings (SSSR count). The van der Waals surface area contributed by atoms with Crippen molar-refractivity contribution in [2.75, 3.05) is 13.7 Å².